The molecule has 2 rings (SSSR count). The molecule has 0 aromatic heterocycles. The van der Waals surface area contributed by atoms with E-state index >= 15 is 0 Å². The van der Waals surface area contributed by atoms with Crippen molar-refractivity contribution < 1.29 is 9.50 Å². The second-order valence-electron chi connectivity index (χ2n) is 4.49. The highest BCUT2D eigenvalue weighted by molar-refractivity contribution is 5.44. The Hall–Kier alpha value is -1.09. The lowest BCUT2D eigenvalue weighted by Crippen LogP contribution is -2.31. The first-order valence-electron chi connectivity index (χ1n) is 5.92. The van der Waals surface area contributed by atoms with E-state index in [1.54, 1.807) is 6.07 Å². The van der Waals surface area contributed by atoms with Crippen LogP contribution in [0.3, 0.4) is 0 Å². The average molecular weight is 223 g/mol. The lowest BCUT2D eigenvalue weighted by atomic mass is 9.98. The molecular formula is C13H18FNO. The molecule has 0 aliphatic heterocycles. The van der Waals surface area contributed by atoms with Gasteiger partial charge in [-0.15, -0.1) is 0 Å². The van der Waals surface area contributed by atoms with Gasteiger partial charge in [-0.1, -0.05) is 18.9 Å². The van der Waals surface area contributed by atoms with E-state index in [-0.39, 0.29) is 18.5 Å². The minimum atomic E-state index is -0.242. The SMILES string of the molecule is OCC(Nc1cccc(F)c1)C1CCCC1. The maximum atomic E-state index is 13.0. The standard InChI is InChI=1S/C13H18FNO/c14-11-6-3-7-12(8-11)15-13(9-16)10-4-1-2-5-10/h3,6-8,10,13,15-16H,1-2,4-5,9H2. The summed E-state index contributed by atoms with van der Waals surface area (Å²) in [5.41, 5.74) is 0.756. The number of hydrogen-bond donors (Lipinski definition) is 2. The average Bonchev–Trinajstić information content (AvgIpc) is 2.79. The number of rotatable bonds is 4. The van der Waals surface area contributed by atoms with Crippen LogP contribution in [0.1, 0.15) is 25.7 Å². The van der Waals surface area contributed by atoms with Crippen LogP contribution >= 0.6 is 0 Å². The number of benzene rings is 1. The van der Waals surface area contributed by atoms with E-state index < -0.39 is 0 Å². The van der Waals surface area contributed by atoms with E-state index in [0.29, 0.717) is 5.92 Å². The topological polar surface area (TPSA) is 32.3 Å². The van der Waals surface area contributed by atoms with E-state index in [1.807, 2.05) is 6.07 Å². The summed E-state index contributed by atoms with van der Waals surface area (Å²) in [6.07, 6.45) is 4.80. The maximum Gasteiger partial charge on any atom is 0.125 e. The highest BCUT2D eigenvalue weighted by atomic mass is 19.1. The Morgan fingerprint density at radius 1 is 1.38 bits per heavy atom. The number of aliphatic hydroxyl groups excluding tert-OH is 1. The monoisotopic (exact) mass is 223 g/mol. The van der Waals surface area contributed by atoms with Crippen molar-refractivity contribution in [2.45, 2.75) is 31.7 Å². The number of halogens is 1. The lowest BCUT2D eigenvalue weighted by molar-refractivity contribution is 0.238. The zero-order valence-corrected chi connectivity index (χ0v) is 9.32. The minimum absolute atomic E-state index is 0.0595. The second kappa shape index (κ2) is 5.30. The van der Waals surface area contributed by atoms with Crippen LogP contribution in [0.25, 0.3) is 0 Å². The summed E-state index contributed by atoms with van der Waals surface area (Å²) in [4.78, 5) is 0. The first kappa shape index (κ1) is 11.4. The Morgan fingerprint density at radius 3 is 2.75 bits per heavy atom. The Bertz CT molecular complexity index is 336. The Labute approximate surface area is 95.5 Å². The highest BCUT2D eigenvalue weighted by Crippen LogP contribution is 2.29. The van der Waals surface area contributed by atoms with Gasteiger partial charge in [-0.3, -0.25) is 0 Å². The van der Waals surface area contributed by atoms with E-state index in [0.717, 1.165) is 18.5 Å². The van der Waals surface area contributed by atoms with Crippen LogP contribution in [0.5, 0.6) is 0 Å². The number of anilines is 1. The van der Waals surface area contributed by atoms with Crippen molar-refractivity contribution in [1.82, 2.24) is 0 Å². The zero-order valence-electron chi connectivity index (χ0n) is 9.32. The Balaban J connectivity index is 2.00. The van der Waals surface area contributed by atoms with Crippen LogP contribution in [0, 0.1) is 11.7 Å². The fourth-order valence-electron chi connectivity index (χ4n) is 2.46. The third-order valence-corrected chi connectivity index (χ3v) is 3.34. The smallest absolute Gasteiger partial charge is 0.125 e. The zero-order chi connectivity index (χ0) is 11.4. The lowest BCUT2D eigenvalue weighted by Gasteiger charge is -2.23. The summed E-state index contributed by atoms with van der Waals surface area (Å²) < 4.78 is 13.0. The summed E-state index contributed by atoms with van der Waals surface area (Å²) in [7, 11) is 0. The predicted octanol–water partition coefficient (Wildman–Crippen LogP) is 2.79. The minimum Gasteiger partial charge on any atom is -0.394 e. The molecule has 2 N–H and O–H groups in total. The van der Waals surface area contributed by atoms with Gasteiger partial charge in [0.2, 0.25) is 0 Å². The van der Waals surface area contributed by atoms with E-state index in [9.17, 15) is 9.50 Å². The summed E-state index contributed by atoms with van der Waals surface area (Å²) in [5, 5.41) is 12.6. The van der Waals surface area contributed by atoms with Crippen molar-refractivity contribution in [3.63, 3.8) is 0 Å². The first-order chi connectivity index (χ1) is 7.79. The summed E-state index contributed by atoms with van der Waals surface area (Å²) in [5.74, 6) is 0.279. The molecule has 1 unspecified atom stereocenters. The molecule has 0 spiro atoms. The number of nitrogens with one attached hydrogen (secondary N) is 1. The van der Waals surface area contributed by atoms with Crippen molar-refractivity contribution >= 4 is 5.69 Å². The third kappa shape index (κ3) is 2.73. The normalized spacial score (nSPS) is 18.6. The van der Waals surface area contributed by atoms with Crippen LogP contribution in [0.4, 0.5) is 10.1 Å². The van der Waals surface area contributed by atoms with E-state index in [2.05, 4.69) is 5.32 Å². The van der Waals surface area contributed by atoms with Gasteiger partial charge >= 0.3 is 0 Å². The second-order valence-corrected chi connectivity index (χ2v) is 4.49. The summed E-state index contributed by atoms with van der Waals surface area (Å²) in [6, 6.07) is 6.47. The van der Waals surface area contributed by atoms with Crippen molar-refractivity contribution in [2.24, 2.45) is 5.92 Å². The van der Waals surface area contributed by atoms with Crippen LogP contribution in [-0.2, 0) is 0 Å². The van der Waals surface area contributed by atoms with Gasteiger partial charge in [0, 0.05) is 5.69 Å². The molecule has 1 aliphatic rings. The van der Waals surface area contributed by atoms with Gasteiger partial charge < -0.3 is 10.4 Å². The van der Waals surface area contributed by atoms with Gasteiger partial charge in [0.05, 0.1) is 12.6 Å². The Kier molecular flexibility index (Phi) is 3.78. The van der Waals surface area contributed by atoms with Crippen LogP contribution in [-0.4, -0.2) is 17.8 Å². The number of aliphatic hydroxyl groups is 1. The van der Waals surface area contributed by atoms with Crippen LogP contribution in [0.15, 0.2) is 24.3 Å². The number of hydrogen-bond acceptors (Lipinski definition) is 2. The van der Waals surface area contributed by atoms with Crippen molar-refractivity contribution in [1.29, 1.82) is 0 Å². The molecule has 1 saturated carbocycles. The fraction of sp³-hybridized carbons (Fsp3) is 0.538. The van der Waals surface area contributed by atoms with E-state index in [1.165, 1.54) is 25.0 Å². The first-order valence-corrected chi connectivity index (χ1v) is 5.92. The predicted molar refractivity (Wildman–Crippen MR) is 62.9 cm³/mol. The molecule has 1 aliphatic carbocycles. The molecule has 0 bridgehead atoms. The molecule has 1 atom stereocenters. The molecule has 0 radical (unpaired) electrons. The van der Waals surface area contributed by atoms with Gasteiger partial charge in [-0.05, 0) is 37.0 Å². The molecule has 16 heavy (non-hydrogen) atoms. The fourth-order valence-corrected chi connectivity index (χ4v) is 2.46. The highest BCUT2D eigenvalue weighted by Gasteiger charge is 2.24. The maximum absolute atomic E-state index is 13.0. The molecule has 3 heteroatoms. The quantitative estimate of drug-likeness (QED) is 0.822. The van der Waals surface area contributed by atoms with Crippen molar-refractivity contribution in [3.05, 3.63) is 30.1 Å². The summed E-state index contributed by atoms with van der Waals surface area (Å²) >= 11 is 0. The van der Waals surface area contributed by atoms with Crippen LogP contribution in [0.2, 0.25) is 0 Å². The van der Waals surface area contributed by atoms with Gasteiger partial charge in [-0.25, -0.2) is 4.39 Å². The molecule has 88 valence electrons. The molecule has 1 aromatic carbocycles. The van der Waals surface area contributed by atoms with E-state index in [4.69, 9.17) is 0 Å². The van der Waals surface area contributed by atoms with Gasteiger partial charge in [-0.2, -0.15) is 0 Å². The molecular weight excluding hydrogens is 205 g/mol. The summed E-state index contributed by atoms with van der Waals surface area (Å²) in [6.45, 7) is 0.112. The Morgan fingerprint density at radius 2 is 2.12 bits per heavy atom. The molecule has 0 amide bonds. The third-order valence-electron chi connectivity index (χ3n) is 3.34. The largest absolute Gasteiger partial charge is 0.394 e. The van der Waals surface area contributed by atoms with Crippen molar-refractivity contribution in [2.75, 3.05) is 11.9 Å². The van der Waals surface area contributed by atoms with Gasteiger partial charge in [0.1, 0.15) is 5.82 Å². The molecule has 0 saturated heterocycles. The molecule has 2 nitrogen and oxygen atoms in total. The van der Waals surface area contributed by atoms with Gasteiger partial charge in [0.25, 0.3) is 0 Å². The van der Waals surface area contributed by atoms with Crippen molar-refractivity contribution in [3.8, 4) is 0 Å². The van der Waals surface area contributed by atoms with Crippen LogP contribution < -0.4 is 5.32 Å². The molecule has 1 aromatic rings. The molecule has 0 heterocycles. The van der Waals surface area contributed by atoms with Gasteiger partial charge in [0.15, 0.2) is 0 Å². The molecule has 1 fully saturated rings.